The molecule has 0 unspecified atom stereocenters. The highest BCUT2D eigenvalue weighted by molar-refractivity contribution is 5.73. The van der Waals surface area contributed by atoms with E-state index < -0.39 is 23.7 Å². The van der Waals surface area contributed by atoms with Gasteiger partial charge in [-0.25, -0.2) is 4.79 Å². The van der Waals surface area contributed by atoms with Gasteiger partial charge in [0.05, 0.1) is 6.42 Å². The van der Waals surface area contributed by atoms with E-state index >= 15 is 0 Å². The molecule has 0 aliphatic heterocycles. The molecule has 0 spiro atoms. The van der Waals surface area contributed by atoms with E-state index in [4.69, 9.17) is 9.47 Å². The van der Waals surface area contributed by atoms with Crippen LogP contribution in [0.3, 0.4) is 0 Å². The van der Waals surface area contributed by atoms with Crippen LogP contribution < -0.4 is 5.32 Å². The van der Waals surface area contributed by atoms with Crippen molar-refractivity contribution >= 4 is 12.1 Å². The van der Waals surface area contributed by atoms with Crippen molar-refractivity contribution in [2.24, 2.45) is 0 Å². The van der Waals surface area contributed by atoms with Crippen LogP contribution in [0.5, 0.6) is 5.75 Å². The second-order valence-electron chi connectivity index (χ2n) is 7.53. The molecule has 0 aliphatic rings. The molecule has 0 saturated heterocycles. The van der Waals surface area contributed by atoms with Gasteiger partial charge in [-0.05, 0) is 44.4 Å². The average Bonchev–Trinajstić information content (AvgIpc) is 2.61. The lowest BCUT2D eigenvalue weighted by Gasteiger charge is -2.23. The Morgan fingerprint density at radius 1 is 1.04 bits per heavy atom. The highest BCUT2D eigenvalue weighted by Gasteiger charge is 2.23. The quantitative estimate of drug-likeness (QED) is 0.705. The van der Waals surface area contributed by atoms with E-state index in [2.05, 4.69) is 5.32 Å². The summed E-state index contributed by atoms with van der Waals surface area (Å²) in [7, 11) is 0. The Labute approximate surface area is 165 Å². The number of phenols is 1. The molecule has 0 heterocycles. The third-order valence-corrected chi connectivity index (χ3v) is 3.83. The van der Waals surface area contributed by atoms with Gasteiger partial charge >= 0.3 is 12.1 Å². The monoisotopic (exact) mass is 385 g/mol. The fraction of sp³-hybridized carbons (Fsp3) is 0.364. The summed E-state index contributed by atoms with van der Waals surface area (Å²) < 4.78 is 10.6. The molecule has 0 radical (unpaired) electrons. The highest BCUT2D eigenvalue weighted by atomic mass is 16.6. The number of aromatic hydroxyl groups is 1. The molecule has 6 heteroatoms. The van der Waals surface area contributed by atoms with E-state index in [1.807, 2.05) is 30.3 Å². The van der Waals surface area contributed by atoms with Gasteiger partial charge in [-0.1, -0.05) is 48.5 Å². The normalized spacial score (nSPS) is 12.1. The second-order valence-corrected chi connectivity index (χ2v) is 7.53. The fourth-order valence-corrected chi connectivity index (χ4v) is 2.60. The van der Waals surface area contributed by atoms with Crippen molar-refractivity contribution in [1.82, 2.24) is 5.32 Å². The van der Waals surface area contributed by atoms with Crippen LogP contribution >= 0.6 is 0 Å². The predicted molar refractivity (Wildman–Crippen MR) is 106 cm³/mol. The number of carbonyl (C=O) groups excluding carboxylic acids is 2. The average molecular weight is 385 g/mol. The van der Waals surface area contributed by atoms with Crippen LogP contribution in [0.25, 0.3) is 0 Å². The molecule has 0 aliphatic carbocycles. The SMILES string of the molecule is CC(C)(C)OC(=O)N[C@@H](CC(=O)OCc1ccccc1)Cc1ccccc1O. The van der Waals surface area contributed by atoms with Crippen LogP contribution in [0.4, 0.5) is 4.79 Å². The number of hydrogen-bond donors (Lipinski definition) is 2. The molecule has 1 atom stereocenters. The summed E-state index contributed by atoms with van der Waals surface area (Å²) in [5.74, 6) is -0.337. The van der Waals surface area contributed by atoms with Gasteiger partial charge in [0.1, 0.15) is 18.0 Å². The molecular weight excluding hydrogens is 358 g/mol. The smallest absolute Gasteiger partial charge is 0.407 e. The maximum atomic E-state index is 12.3. The van der Waals surface area contributed by atoms with Crippen molar-refractivity contribution in [3.63, 3.8) is 0 Å². The van der Waals surface area contributed by atoms with E-state index in [1.54, 1.807) is 45.0 Å². The maximum absolute atomic E-state index is 12.3. The number of amides is 1. The fourth-order valence-electron chi connectivity index (χ4n) is 2.60. The van der Waals surface area contributed by atoms with Gasteiger partial charge in [0.25, 0.3) is 0 Å². The van der Waals surface area contributed by atoms with Gasteiger partial charge in [-0.15, -0.1) is 0 Å². The molecule has 2 aromatic carbocycles. The first-order valence-corrected chi connectivity index (χ1v) is 9.19. The number of esters is 1. The number of rotatable bonds is 7. The second kappa shape index (κ2) is 9.78. The lowest BCUT2D eigenvalue weighted by atomic mass is 10.0. The number of ether oxygens (including phenoxy) is 2. The van der Waals surface area contributed by atoms with Crippen molar-refractivity contribution in [2.75, 3.05) is 0 Å². The lowest BCUT2D eigenvalue weighted by Crippen LogP contribution is -2.41. The summed E-state index contributed by atoms with van der Waals surface area (Å²) in [6, 6.07) is 15.6. The molecule has 0 fully saturated rings. The summed E-state index contributed by atoms with van der Waals surface area (Å²) in [5, 5.41) is 12.7. The third-order valence-electron chi connectivity index (χ3n) is 3.83. The van der Waals surface area contributed by atoms with E-state index in [1.165, 1.54) is 0 Å². The van der Waals surface area contributed by atoms with Gasteiger partial charge < -0.3 is 19.9 Å². The van der Waals surface area contributed by atoms with E-state index in [0.717, 1.165) is 5.56 Å². The Balaban J connectivity index is 2.01. The number of para-hydroxylation sites is 1. The van der Waals surface area contributed by atoms with Crippen LogP contribution in [0.2, 0.25) is 0 Å². The highest BCUT2D eigenvalue weighted by Crippen LogP contribution is 2.19. The van der Waals surface area contributed by atoms with Crippen LogP contribution in [0.15, 0.2) is 54.6 Å². The number of phenolic OH excluding ortho intramolecular Hbond substituents is 1. The predicted octanol–water partition coefficient (Wildman–Crippen LogP) is 3.96. The number of carbonyl (C=O) groups is 2. The molecular formula is C22H27NO5. The first-order chi connectivity index (χ1) is 13.2. The number of hydrogen-bond acceptors (Lipinski definition) is 5. The lowest BCUT2D eigenvalue weighted by molar-refractivity contribution is -0.145. The Kier molecular flexibility index (Phi) is 7.44. The summed E-state index contributed by atoms with van der Waals surface area (Å²) in [5.41, 5.74) is 0.852. The van der Waals surface area contributed by atoms with Crippen molar-refractivity contribution < 1.29 is 24.2 Å². The first-order valence-electron chi connectivity index (χ1n) is 9.19. The minimum absolute atomic E-state index is 0.0413. The summed E-state index contributed by atoms with van der Waals surface area (Å²) in [4.78, 5) is 24.4. The minimum atomic E-state index is -0.655. The minimum Gasteiger partial charge on any atom is -0.508 e. The topological polar surface area (TPSA) is 84.9 Å². The summed E-state index contributed by atoms with van der Waals surface area (Å²) in [6.07, 6.45) is -0.393. The van der Waals surface area contributed by atoms with Gasteiger partial charge in [0.2, 0.25) is 0 Å². The van der Waals surface area contributed by atoms with Gasteiger partial charge in [0, 0.05) is 6.04 Å². The summed E-state index contributed by atoms with van der Waals surface area (Å²) in [6.45, 7) is 5.45. The Hall–Kier alpha value is -3.02. The zero-order valence-corrected chi connectivity index (χ0v) is 16.5. The van der Waals surface area contributed by atoms with Gasteiger partial charge in [-0.2, -0.15) is 0 Å². The van der Waals surface area contributed by atoms with Crippen molar-refractivity contribution in [1.29, 1.82) is 0 Å². The standard InChI is InChI=1S/C22H27NO5/c1-22(2,3)28-21(26)23-18(13-17-11-7-8-12-19(17)24)14-20(25)27-15-16-9-5-4-6-10-16/h4-12,18,24H,13-15H2,1-3H3,(H,23,26)/t18-/m1/s1. The van der Waals surface area contributed by atoms with Crippen molar-refractivity contribution in [2.45, 2.75) is 51.9 Å². The van der Waals surface area contributed by atoms with E-state index in [9.17, 15) is 14.7 Å². The molecule has 28 heavy (non-hydrogen) atoms. The van der Waals surface area contributed by atoms with Crippen molar-refractivity contribution in [3.05, 3.63) is 65.7 Å². The molecule has 1 amide bonds. The van der Waals surface area contributed by atoms with E-state index in [0.29, 0.717) is 5.56 Å². The van der Waals surface area contributed by atoms with E-state index in [-0.39, 0.29) is 25.2 Å². The molecule has 0 bridgehead atoms. The molecule has 2 aromatic rings. The van der Waals surface area contributed by atoms with Gasteiger partial charge in [0.15, 0.2) is 0 Å². The number of alkyl carbamates (subject to hydrolysis) is 1. The molecule has 2 N–H and O–H groups in total. The van der Waals surface area contributed by atoms with Gasteiger partial charge in [-0.3, -0.25) is 4.79 Å². The summed E-state index contributed by atoms with van der Waals surface area (Å²) >= 11 is 0. The number of benzene rings is 2. The zero-order valence-electron chi connectivity index (χ0n) is 16.5. The maximum Gasteiger partial charge on any atom is 0.407 e. The van der Waals surface area contributed by atoms with Crippen LogP contribution in [-0.2, 0) is 27.3 Å². The first kappa shape index (κ1) is 21.3. The Morgan fingerprint density at radius 2 is 1.68 bits per heavy atom. The molecule has 0 aromatic heterocycles. The molecule has 0 saturated carbocycles. The third kappa shape index (κ3) is 7.70. The molecule has 150 valence electrons. The van der Waals surface area contributed by atoms with Crippen LogP contribution in [-0.4, -0.2) is 28.8 Å². The van der Waals surface area contributed by atoms with Crippen LogP contribution in [0.1, 0.15) is 38.3 Å². The molecule has 2 rings (SSSR count). The Morgan fingerprint density at radius 3 is 2.32 bits per heavy atom. The largest absolute Gasteiger partial charge is 0.508 e. The van der Waals surface area contributed by atoms with Crippen LogP contribution in [0, 0.1) is 0 Å². The number of nitrogens with one attached hydrogen (secondary N) is 1. The zero-order chi connectivity index (χ0) is 20.6. The van der Waals surface area contributed by atoms with Crippen molar-refractivity contribution in [3.8, 4) is 5.75 Å². The molecule has 6 nitrogen and oxygen atoms in total. The Bertz CT molecular complexity index is 783.